The van der Waals surface area contributed by atoms with E-state index in [1.165, 1.54) is 16.7 Å². The maximum Gasteiger partial charge on any atom is 0.219 e. The van der Waals surface area contributed by atoms with Crippen molar-refractivity contribution in [3.05, 3.63) is 34.9 Å². The van der Waals surface area contributed by atoms with Gasteiger partial charge in [-0.1, -0.05) is 29.3 Å². The predicted molar refractivity (Wildman–Crippen MR) is 65.5 cm³/mol. The third-order valence-corrected chi connectivity index (χ3v) is 3.35. The zero-order chi connectivity index (χ0) is 11.7. The van der Waals surface area contributed by atoms with Gasteiger partial charge in [-0.25, -0.2) is 0 Å². The molecule has 1 fully saturated rings. The minimum absolute atomic E-state index is 0.201. The summed E-state index contributed by atoms with van der Waals surface area (Å²) in [4.78, 5) is 13.2. The Morgan fingerprint density at radius 1 is 1.25 bits per heavy atom. The lowest BCUT2D eigenvalue weighted by atomic mass is 9.95. The second-order valence-electron chi connectivity index (χ2n) is 4.87. The maximum atomic E-state index is 11.3. The van der Waals surface area contributed by atoms with Gasteiger partial charge in [-0.05, 0) is 25.8 Å². The van der Waals surface area contributed by atoms with Crippen molar-refractivity contribution in [2.45, 2.75) is 33.1 Å². The van der Waals surface area contributed by atoms with Gasteiger partial charge >= 0.3 is 0 Å². The zero-order valence-electron chi connectivity index (χ0n) is 10.3. The Labute approximate surface area is 97.3 Å². The van der Waals surface area contributed by atoms with Crippen LogP contribution >= 0.6 is 0 Å². The highest BCUT2D eigenvalue weighted by atomic mass is 16.2. The molecule has 0 bridgehead atoms. The minimum Gasteiger partial charge on any atom is -0.342 e. The van der Waals surface area contributed by atoms with Crippen LogP contribution in [0.5, 0.6) is 0 Å². The lowest BCUT2D eigenvalue weighted by Gasteiger charge is -2.15. The summed E-state index contributed by atoms with van der Waals surface area (Å²) < 4.78 is 0. The van der Waals surface area contributed by atoms with Crippen LogP contribution < -0.4 is 0 Å². The van der Waals surface area contributed by atoms with Gasteiger partial charge in [0.2, 0.25) is 5.91 Å². The number of rotatable bonds is 1. The smallest absolute Gasteiger partial charge is 0.219 e. The number of carbonyl (C=O) groups is 1. The zero-order valence-corrected chi connectivity index (χ0v) is 10.3. The molecule has 1 aliphatic heterocycles. The molecule has 2 heteroatoms. The van der Waals surface area contributed by atoms with Gasteiger partial charge in [0.1, 0.15) is 0 Å². The average Bonchev–Trinajstić information content (AvgIpc) is 2.64. The molecule has 1 aromatic rings. The summed E-state index contributed by atoms with van der Waals surface area (Å²) in [6.45, 7) is 7.72. The van der Waals surface area contributed by atoms with E-state index in [0.29, 0.717) is 5.92 Å². The number of likely N-dealkylation sites (tertiary alicyclic amines) is 1. The van der Waals surface area contributed by atoms with Gasteiger partial charge in [0.05, 0.1) is 0 Å². The Bertz CT molecular complexity index is 391. The molecule has 86 valence electrons. The highest BCUT2D eigenvalue weighted by Gasteiger charge is 2.25. The molecule has 0 aromatic heterocycles. The Morgan fingerprint density at radius 2 is 1.88 bits per heavy atom. The highest BCUT2D eigenvalue weighted by Crippen LogP contribution is 2.28. The fraction of sp³-hybridized carbons (Fsp3) is 0.500. The quantitative estimate of drug-likeness (QED) is 0.708. The topological polar surface area (TPSA) is 20.3 Å². The molecule has 1 heterocycles. The first kappa shape index (κ1) is 11.2. The van der Waals surface area contributed by atoms with Crippen molar-refractivity contribution in [1.29, 1.82) is 0 Å². The van der Waals surface area contributed by atoms with Crippen LogP contribution in [0.3, 0.4) is 0 Å². The largest absolute Gasteiger partial charge is 0.342 e. The van der Waals surface area contributed by atoms with Crippen molar-refractivity contribution >= 4 is 5.91 Å². The van der Waals surface area contributed by atoms with Crippen LogP contribution in [-0.4, -0.2) is 23.9 Å². The Hall–Kier alpha value is -1.31. The second kappa shape index (κ2) is 4.28. The fourth-order valence-electron chi connectivity index (χ4n) is 2.56. The third-order valence-electron chi connectivity index (χ3n) is 3.35. The summed E-state index contributed by atoms with van der Waals surface area (Å²) in [5.41, 5.74) is 4.02. The van der Waals surface area contributed by atoms with E-state index in [1.807, 2.05) is 4.90 Å². The predicted octanol–water partition coefficient (Wildman–Crippen LogP) is 2.64. The lowest BCUT2D eigenvalue weighted by molar-refractivity contribution is -0.127. The molecule has 0 spiro atoms. The van der Waals surface area contributed by atoms with Gasteiger partial charge in [0, 0.05) is 25.9 Å². The summed E-state index contributed by atoms with van der Waals surface area (Å²) in [6.07, 6.45) is 1.10. The maximum absolute atomic E-state index is 11.3. The monoisotopic (exact) mass is 217 g/mol. The first-order chi connectivity index (χ1) is 7.56. The summed E-state index contributed by atoms with van der Waals surface area (Å²) in [7, 11) is 0. The Kier molecular flexibility index (Phi) is 2.99. The molecule has 2 nitrogen and oxygen atoms in total. The summed E-state index contributed by atoms with van der Waals surface area (Å²) in [5.74, 6) is 0.731. The molecule has 0 N–H and O–H groups in total. The van der Waals surface area contributed by atoms with Crippen molar-refractivity contribution < 1.29 is 4.79 Å². The van der Waals surface area contributed by atoms with E-state index in [1.54, 1.807) is 6.92 Å². The van der Waals surface area contributed by atoms with Gasteiger partial charge in [-0.3, -0.25) is 4.79 Å². The molecule has 0 aliphatic carbocycles. The molecular formula is C14H19NO. The first-order valence-electron chi connectivity index (χ1n) is 5.90. The van der Waals surface area contributed by atoms with Crippen molar-refractivity contribution in [1.82, 2.24) is 4.90 Å². The number of amides is 1. The van der Waals surface area contributed by atoms with E-state index in [9.17, 15) is 4.79 Å². The number of aryl methyl sites for hydroxylation is 2. The summed E-state index contributed by atoms with van der Waals surface area (Å²) in [6, 6.07) is 6.70. The molecule has 2 rings (SSSR count). The average molecular weight is 217 g/mol. The van der Waals surface area contributed by atoms with E-state index in [2.05, 4.69) is 32.0 Å². The van der Waals surface area contributed by atoms with Gasteiger partial charge in [0.15, 0.2) is 0 Å². The lowest BCUT2D eigenvalue weighted by Crippen LogP contribution is -2.25. The molecule has 1 atom stereocenters. The summed E-state index contributed by atoms with van der Waals surface area (Å²) >= 11 is 0. The van der Waals surface area contributed by atoms with Crippen LogP contribution in [0.4, 0.5) is 0 Å². The Morgan fingerprint density at radius 3 is 2.38 bits per heavy atom. The SMILES string of the molecule is CC(=O)N1CC[C@H](c2cc(C)cc(C)c2)C1. The van der Waals surface area contributed by atoms with Gasteiger partial charge in [0.25, 0.3) is 0 Å². The molecule has 0 unspecified atom stereocenters. The number of hydrogen-bond acceptors (Lipinski definition) is 1. The molecule has 0 radical (unpaired) electrons. The summed E-state index contributed by atoms with van der Waals surface area (Å²) in [5, 5.41) is 0. The van der Waals surface area contributed by atoms with Crippen molar-refractivity contribution in [2.75, 3.05) is 13.1 Å². The van der Waals surface area contributed by atoms with Crippen molar-refractivity contribution in [2.24, 2.45) is 0 Å². The number of hydrogen-bond donors (Lipinski definition) is 0. The van der Waals surface area contributed by atoms with Crippen LogP contribution in [0.2, 0.25) is 0 Å². The first-order valence-corrected chi connectivity index (χ1v) is 5.90. The van der Waals surface area contributed by atoms with Crippen LogP contribution in [0.25, 0.3) is 0 Å². The van der Waals surface area contributed by atoms with E-state index in [-0.39, 0.29) is 5.91 Å². The van der Waals surface area contributed by atoms with Gasteiger partial charge in [-0.2, -0.15) is 0 Å². The standard InChI is InChI=1S/C14H19NO/c1-10-6-11(2)8-14(7-10)13-4-5-15(9-13)12(3)16/h6-8,13H,4-5,9H2,1-3H3/t13-/m0/s1. The molecular weight excluding hydrogens is 198 g/mol. The number of benzene rings is 1. The fourth-order valence-corrected chi connectivity index (χ4v) is 2.56. The van der Waals surface area contributed by atoms with Gasteiger partial charge in [-0.15, -0.1) is 0 Å². The van der Waals surface area contributed by atoms with Crippen LogP contribution in [-0.2, 0) is 4.79 Å². The van der Waals surface area contributed by atoms with Crippen molar-refractivity contribution in [3.8, 4) is 0 Å². The number of nitrogens with zero attached hydrogens (tertiary/aromatic N) is 1. The van der Waals surface area contributed by atoms with Crippen LogP contribution in [0.15, 0.2) is 18.2 Å². The van der Waals surface area contributed by atoms with Crippen LogP contribution in [0, 0.1) is 13.8 Å². The van der Waals surface area contributed by atoms with E-state index >= 15 is 0 Å². The van der Waals surface area contributed by atoms with E-state index in [0.717, 1.165) is 19.5 Å². The number of carbonyl (C=O) groups excluding carboxylic acids is 1. The molecule has 0 saturated carbocycles. The molecule has 1 saturated heterocycles. The van der Waals surface area contributed by atoms with Crippen LogP contribution in [0.1, 0.15) is 36.0 Å². The third kappa shape index (κ3) is 2.26. The molecule has 1 aromatic carbocycles. The van der Waals surface area contributed by atoms with Gasteiger partial charge < -0.3 is 4.90 Å². The molecule has 1 amide bonds. The van der Waals surface area contributed by atoms with E-state index < -0.39 is 0 Å². The second-order valence-corrected chi connectivity index (χ2v) is 4.87. The Balaban J connectivity index is 2.17. The van der Waals surface area contributed by atoms with E-state index in [4.69, 9.17) is 0 Å². The van der Waals surface area contributed by atoms with Crippen molar-refractivity contribution in [3.63, 3.8) is 0 Å². The highest BCUT2D eigenvalue weighted by molar-refractivity contribution is 5.73. The molecule has 16 heavy (non-hydrogen) atoms. The normalized spacial score (nSPS) is 20.2. The molecule has 1 aliphatic rings. The minimum atomic E-state index is 0.201.